The average Bonchev–Trinajstić information content (AvgIpc) is 2.38. The highest BCUT2D eigenvalue weighted by molar-refractivity contribution is 5.18. The fourth-order valence-corrected chi connectivity index (χ4v) is 3.60. The number of nitrogens with one attached hydrogen (secondary N) is 1. The number of nitriles is 1. The van der Waals surface area contributed by atoms with Crippen LogP contribution in [0.2, 0.25) is 0 Å². The molecule has 0 saturated carbocycles. The molecule has 102 valence electrons. The lowest BCUT2D eigenvalue weighted by atomic mass is 9.64. The molecule has 1 heterocycles. The Balaban J connectivity index is 2.25. The average molecular weight is 257 g/mol. The van der Waals surface area contributed by atoms with Gasteiger partial charge in [0.05, 0.1) is 25.7 Å². The summed E-state index contributed by atoms with van der Waals surface area (Å²) >= 11 is 0. The van der Waals surface area contributed by atoms with E-state index in [1.54, 1.807) is 4.90 Å². The third-order valence-corrected chi connectivity index (χ3v) is 5.06. The number of hydrogen-bond donors (Lipinski definition) is 1. The largest absolute Gasteiger partial charge is 0.335 e. The van der Waals surface area contributed by atoms with Crippen LogP contribution in [0.1, 0.15) is 32.3 Å². The molecular weight excluding hydrogens is 232 g/mol. The van der Waals surface area contributed by atoms with Gasteiger partial charge >= 0.3 is 0 Å². The zero-order valence-corrected chi connectivity index (χ0v) is 12.3. The first-order chi connectivity index (χ1) is 9.07. The van der Waals surface area contributed by atoms with E-state index in [0.29, 0.717) is 18.4 Å². The summed E-state index contributed by atoms with van der Waals surface area (Å²) in [4.78, 5) is 1.61. The van der Waals surface area contributed by atoms with Crippen molar-refractivity contribution in [3.05, 3.63) is 35.9 Å². The second kappa shape index (κ2) is 5.75. The summed E-state index contributed by atoms with van der Waals surface area (Å²) in [6, 6.07) is 13.8. The van der Waals surface area contributed by atoms with Crippen LogP contribution in [0.3, 0.4) is 0 Å². The summed E-state index contributed by atoms with van der Waals surface area (Å²) in [5.41, 5.74) is 1.53. The Morgan fingerprint density at radius 3 is 2.63 bits per heavy atom. The molecule has 0 amide bonds. The number of rotatable bonds is 3. The van der Waals surface area contributed by atoms with Gasteiger partial charge in [0.25, 0.3) is 0 Å². The summed E-state index contributed by atoms with van der Waals surface area (Å²) in [6.45, 7) is 5.82. The number of piperidine rings is 1. The number of nitrogens with zero attached hydrogens (tertiary/aromatic N) is 1. The predicted octanol–water partition coefficient (Wildman–Crippen LogP) is 2.07. The Morgan fingerprint density at radius 1 is 1.32 bits per heavy atom. The van der Waals surface area contributed by atoms with Gasteiger partial charge in [-0.2, -0.15) is 5.26 Å². The zero-order chi connectivity index (χ0) is 13.9. The maximum Gasteiger partial charge on any atom is 0.0850 e. The van der Waals surface area contributed by atoms with E-state index < -0.39 is 0 Å². The summed E-state index contributed by atoms with van der Waals surface area (Å²) in [6.07, 6.45) is 2.88. The molecule has 1 aliphatic heterocycles. The van der Waals surface area contributed by atoms with Gasteiger partial charge in [-0.25, -0.2) is 0 Å². The lowest BCUT2D eigenvalue weighted by molar-refractivity contribution is -0.916. The zero-order valence-electron chi connectivity index (χ0n) is 12.3. The van der Waals surface area contributed by atoms with Crippen LogP contribution in [0.4, 0.5) is 0 Å². The SMILES string of the molecule is C[C@@H]1C[C@](CC#N)(Cc2ccccc2)[C@H](C)C[NH+]1C. The Labute approximate surface area is 117 Å². The highest BCUT2D eigenvalue weighted by Crippen LogP contribution is 2.40. The number of benzene rings is 1. The van der Waals surface area contributed by atoms with Crippen LogP contribution in [-0.2, 0) is 6.42 Å². The first kappa shape index (κ1) is 14.1. The Morgan fingerprint density at radius 2 is 2.00 bits per heavy atom. The first-order valence-corrected chi connectivity index (χ1v) is 7.30. The van der Waals surface area contributed by atoms with Gasteiger partial charge in [0.2, 0.25) is 0 Å². The third-order valence-electron chi connectivity index (χ3n) is 5.06. The number of likely N-dealkylation sites (tertiary alicyclic amines) is 1. The molecule has 4 atom stereocenters. The molecule has 0 spiro atoms. The molecule has 0 aromatic heterocycles. The van der Waals surface area contributed by atoms with Gasteiger partial charge in [-0.15, -0.1) is 0 Å². The van der Waals surface area contributed by atoms with Crippen LogP contribution < -0.4 is 4.90 Å². The molecule has 2 nitrogen and oxygen atoms in total. The van der Waals surface area contributed by atoms with E-state index in [1.807, 2.05) is 0 Å². The minimum Gasteiger partial charge on any atom is -0.335 e. The van der Waals surface area contributed by atoms with Gasteiger partial charge in [0.15, 0.2) is 0 Å². The molecule has 1 aliphatic rings. The summed E-state index contributed by atoms with van der Waals surface area (Å²) in [5, 5.41) is 9.27. The van der Waals surface area contributed by atoms with E-state index in [9.17, 15) is 5.26 Å². The van der Waals surface area contributed by atoms with Crippen molar-refractivity contribution in [2.24, 2.45) is 11.3 Å². The molecule has 1 aromatic carbocycles. The van der Waals surface area contributed by atoms with Crippen molar-refractivity contribution in [3.8, 4) is 6.07 Å². The molecular formula is C17H25N2+. The Kier molecular flexibility index (Phi) is 4.27. The second-order valence-corrected chi connectivity index (χ2v) is 6.42. The van der Waals surface area contributed by atoms with E-state index in [-0.39, 0.29) is 5.41 Å². The molecule has 1 saturated heterocycles. The van der Waals surface area contributed by atoms with E-state index in [4.69, 9.17) is 0 Å². The van der Waals surface area contributed by atoms with Crippen molar-refractivity contribution in [3.63, 3.8) is 0 Å². The third kappa shape index (κ3) is 2.98. The van der Waals surface area contributed by atoms with Gasteiger partial charge < -0.3 is 4.90 Å². The smallest absolute Gasteiger partial charge is 0.0850 e. The van der Waals surface area contributed by atoms with Crippen molar-refractivity contribution in [1.82, 2.24) is 0 Å². The monoisotopic (exact) mass is 257 g/mol. The highest BCUT2D eigenvalue weighted by Gasteiger charge is 2.44. The molecule has 2 heteroatoms. The summed E-state index contributed by atoms with van der Waals surface area (Å²) < 4.78 is 0. The number of hydrogen-bond acceptors (Lipinski definition) is 1. The molecule has 1 N–H and O–H groups in total. The predicted molar refractivity (Wildman–Crippen MR) is 77.8 cm³/mol. The van der Waals surface area contributed by atoms with E-state index in [1.165, 1.54) is 12.1 Å². The fraction of sp³-hybridized carbons (Fsp3) is 0.588. The van der Waals surface area contributed by atoms with Crippen LogP contribution in [0.5, 0.6) is 0 Å². The lowest BCUT2D eigenvalue weighted by Crippen LogP contribution is -3.15. The maximum atomic E-state index is 9.27. The minimum atomic E-state index is 0.162. The second-order valence-electron chi connectivity index (χ2n) is 6.42. The van der Waals surface area contributed by atoms with Crippen molar-refractivity contribution in [1.29, 1.82) is 5.26 Å². The quantitative estimate of drug-likeness (QED) is 0.882. The van der Waals surface area contributed by atoms with Gasteiger partial charge in [-0.3, -0.25) is 0 Å². The van der Waals surface area contributed by atoms with Crippen LogP contribution in [0.15, 0.2) is 30.3 Å². The standard InChI is InChI=1S/C17H24N2/c1-14-13-19(3)15(2)11-17(14,9-10-18)12-16-7-5-4-6-8-16/h4-8,14-15H,9,11-13H2,1-3H3/p+1/t14-,15-,17-/m1/s1. The molecule has 0 aliphatic carbocycles. The molecule has 0 bridgehead atoms. The topological polar surface area (TPSA) is 28.2 Å². The normalized spacial score (nSPS) is 34.7. The molecule has 1 aromatic rings. The van der Waals surface area contributed by atoms with Crippen molar-refractivity contribution in [2.75, 3.05) is 13.6 Å². The first-order valence-electron chi connectivity index (χ1n) is 7.30. The van der Waals surface area contributed by atoms with Gasteiger partial charge in [-0.1, -0.05) is 37.3 Å². The maximum absolute atomic E-state index is 9.27. The van der Waals surface area contributed by atoms with Crippen LogP contribution in [-0.4, -0.2) is 19.6 Å². The van der Waals surface area contributed by atoms with Gasteiger partial charge in [-0.05, 0) is 18.9 Å². The Hall–Kier alpha value is -1.33. The van der Waals surface area contributed by atoms with Crippen molar-refractivity contribution >= 4 is 0 Å². The lowest BCUT2D eigenvalue weighted by Gasteiger charge is -2.46. The summed E-state index contributed by atoms with van der Waals surface area (Å²) in [7, 11) is 2.28. The van der Waals surface area contributed by atoms with Crippen LogP contribution in [0, 0.1) is 22.7 Å². The van der Waals surface area contributed by atoms with Crippen molar-refractivity contribution in [2.45, 2.75) is 39.2 Å². The summed E-state index contributed by atoms with van der Waals surface area (Å²) in [5.74, 6) is 0.601. The van der Waals surface area contributed by atoms with E-state index in [0.717, 1.165) is 12.8 Å². The van der Waals surface area contributed by atoms with Crippen molar-refractivity contribution < 1.29 is 4.90 Å². The molecule has 2 rings (SSSR count). The van der Waals surface area contributed by atoms with Gasteiger partial charge in [0.1, 0.15) is 0 Å². The fourth-order valence-electron chi connectivity index (χ4n) is 3.60. The van der Waals surface area contributed by atoms with Gasteiger partial charge in [0, 0.05) is 24.2 Å². The number of quaternary nitrogens is 1. The van der Waals surface area contributed by atoms with Crippen LogP contribution >= 0.6 is 0 Å². The molecule has 1 fully saturated rings. The minimum absolute atomic E-state index is 0.162. The van der Waals surface area contributed by atoms with E-state index >= 15 is 0 Å². The van der Waals surface area contributed by atoms with E-state index in [2.05, 4.69) is 57.3 Å². The molecule has 19 heavy (non-hydrogen) atoms. The molecule has 1 unspecified atom stereocenters. The Bertz CT molecular complexity index is 448. The van der Waals surface area contributed by atoms with Crippen LogP contribution in [0.25, 0.3) is 0 Å². The highest BCUT2D eigenvalue weighted by atomic mass is 15.1. The molecule has 0 radical (unpaired) electrons.